The van der Waals surface area contributed by atoms with Crippen molar-refractivity contribution in [1.82, 2.24) is 29.8 Å². The summed E-state index contributed by atoms with van der Waals surface area (Å²) in [5, 5.41) is 14.3. The molecule has 0 atom stereocenters. The van der Waals surface area contributed by atoms with Crippen LogP contribution in [-0.2, 0) is 24.1 Å². The van der Waals surface area contributed by atoms with Crippen LogP contribution in [0.15, 0.2) is 65.3 Å². The molecule has 14 heteroatoms. The summed E-state index contributed by atoms with van der Waals surface area (Å²) in [6, 6.07) is 13.2. The Morgan fingerprint density at radius 1 is 1.11 bits per heavy atom. The van der Waals surface area contributed by atoms with Crippen molar-refractivity contribution < 1.29 is 22.4 Å². The zero-order valence-corrected chi connectivity index (χ0v) is 20.8. The number of hydrogen-bond donors (Lipinski definition) is 2. The predicted molar refractivity (Wildman–Crippen MR) is 134 cm³/mol. The number of aromatic nitrogens is 6. The van der Waals surface area contributed by atoms with Gasteiger partial charge in [0.2, 0.25) is 5.91 Å². The zero-order valence-electron chi connectivity index (χ0n) is 19.2. The highest BCUT2D eigenvalue weighted by Gasteiger charge is 2.36. The van der Waals surface area contributed by atoms with Crippen LogP contribution in [0.1, 0.15) is 11.3 Å². The first-order valence-electron chi connectivity index (χ1n) is 11.0. The van der Waals surface area contributed by atoms with E-state index in [1.807, 2.05) is 0 Å². The highest BCUT2D eigenvalue weighted by atomic mass is 79.9. The molecular formula is C24H17BrF4N8O. The number of anilines is 2. The quantitative estimate of drug-likeness (QED) is 0.273. The lowest BCUT2D eigenvalue weighted by Crippen LogP contribution is -2.19. The van der Waals surface area contributed by atoms with Crippen LogP contribution in [0.4, 0.5) is 29.1 Å². The van der Waals surface area contributed by atoms with Crippen molar-refractivity contribution in [2.75, 3.05) is 11.1 Å². The maximum atomic E-state index is 13.9. The zero-order chi connectivity index (χ0) is 27.0. The molecule has 3 aromatic heterocycles. The van der Waals surface area contributed by atoms with Gasteiger partial charge in [0, 0.05) is 10.0 Å². The van der Waals surface area contributed by atoms with Gasteiger partial charge in [-0.05, 0) is 40.2 Å². The third kappa shape index (κ3) is 5.20. The molecule has 0 spiro atoms. The van der Waals surface area contributed by atoms with Gasteiger partial charge >= 0.3 is 6.18 Å². The van der Waals surface area contributed by atoms with Crippen molar-refractivity contribution in [2.24, 2.45) is 0 Å². The minimum absolute atomic E-state index is 0.0652. The van der Waals surface area contributed by atoms with Gasteiger partial charge in [0.1, 0.15) is 18.1 Å². The Hall–Kier alpha value is -4.33. The van der Waals surface area contributed by atoms with Crippen molar-refractivity contribution in [3.05, 3.63) is 82.3 Å². The average Bonchev–Trinajstić information content (AvgIpc) is 3.43. The molecule has 0 unspecified atom stereocenters. The van der Waals surface area contributed by atoms with E-state index in [9.17, 15) is 22.4 Å². The summed E-state index contributed by atoms with van der Waals surface area (Å²) >= 11 is 3.18. The summed E-state index contributed by atoms with van der Waals surface area (Å²) in [4.78, 5) is 16.8. The number of pyridine rings is 1. The normalized spacial score (nSPS) is 11.7. The van der Waals surface area contributed by atoms with Gasteiger partial charge in [0.15, 0.2) is 11.5 Å². The van der Waals surface area contributed by atoms with E-state index in [1.54, 1.807) is 30.3 Å². The van der Waals surface area contributed by atoms with E-state index in [0.717, 1.165) is 6.07 Å². The SMILES string of the molecule is Nc1nn(Cc2cn(CC(=O)Nc3ccc(F)cc3Br)nn2)c2nc(-c3ccccc3)cc(C(F)(F)F)c12. The Morgan fingerprint density at radius 3 is 2.58 bits per heavy atom. The Bertz CT molecular complexity index is 1650. The van der Waals surface area contributed by atoms with Crippen LogP contribution in [0, 0.1) is 5.82 Å². The number of nitrogens with two attached hydrogens (primary N) is 1. The van der Waals surface area contributed by atoms with Gasteiger partial charge in [-0.1, -0.05) is 35.5 Å². The van der Waals surface area contributed by atoms with Gasteiger partial charge in [0.05, 0.1) is 35.1 Å². The number of nitrogen functional groups attached to an aromatic ring is 1. The first-order chi connectivity index (χ1) is 18.1. The number of hydrogen-bond acceptors (Lipinski definition) is 6. The van der Waals surface area contributed by atoms with Crippen LogP contribution < -0.4 is 11.1 Å². The average molecular weight is 589 g/mol. The van der Waals surface area contributed by atoms with Gasteiger partial charge in [-0.3, -0.25) is 4.79 Å². The molecule has 5 aromatic rings. The standard InChI is InChI=1S/C24H17BrF4N8O/c25-17-8-14(26)6-7-18(17)31-20(38)12-36-10-15(33-35-36)11-37-23-21(22(30)34-37)16(24(27,28)29)9-19(32-23)13-4-2-1-3-5-13/h1-10H,11-12H2,(H2,30,34)(H,31,38). The Labute approximate surface area is 220 Å². The molecule has 3 heterocycles. The van der Waals surface area contributed by atoms with Crippen molar-refractivity contribution in [1.29, 1.82) is 0 Å². The highest BCUT2D eigenvalue weighted by molar-refractivity contribution is 9.10. The van der Waals surface area contributed by atoms with Crippen LogP contribution in [0.5, 0.6) is 0 Å². The van der Waals surface area contributed by atoms with Gasteiger partial charge in [-0.15, -0.1) is 5.10 Å². The van der Waals surface area contributed by atoms with Crippen LogP contribution in [-0.4, -0.2) is 35.7 Å². The smallest absolute Gasteiger partial charge is 0.382 e. The molecule has 9 nitrogen and oxygen atoms in total. The van der Waals surface area contributed by atoms with Gasteiger partial charge in [-0.25, -0.2) is 18.7 Å². The van der Waals surface area contributed by atoms with E-state index >= 15 is 0 Å². The van der Waals surface area contributed by atoms with Crippen molar-refractivity contribution in [3.63, 3.8) is 0 Å². The Morgan fingerprint density at radius 2 is 1.87 bits per heavy atom. The monoisotopic (exact) mass is 588 g/mol. The van der Waals surface area contributed by atoms with E-state index in [4.69, 9.17) is 5.73 Å². The summed E-state index contributed by atoms with van der Waals surface area (Å²) in [7, 11) is 0. The van der Waals surface area contributed by atoms with Gasteiger partial charge < -0.3 is 11.1 Å². The van der Waals surface area contributed by atoms with Crippen molar-refractivity contribution >= 4 is 44.4 Å². The van der Waals surface area contributed by atoms with Crippen molar-refractivity contribution in [2.45, 2.75) is 19.3 Å². The second-order valence-electron chi connectivity index (χ2n) is 8.24. The fourth-order valence-electron chi connectivity index (χ4n) is 3.86. The molecule has 0 aliphatic carbocycles. The molecule has 2 aromatic carbocycles. The molecule has 0 saturated carbocycles. The second kappa shape index (κ2) is 9.85. The third-order valence-electron chi connectivity index (χ3n) is 5.51. The summed E-state index contributed by atoms with van der Waals surface area (Å²) in [5.74, 6) is -1.24. The first kappa shape index (κ1) is 25.3. The lowest BCUT2D eigenvalue weighted by atomic mass is 10.1. The van der Waals surface area contributed by atoms with E-state index in [-0.39, 0.29) is 35.6 Å². The number of nitrogens with one attached hydrogen (secondary N) is 1. The summed E-state index contributed by atoms with van der Waals surface area (Å²) in [6.45, 7) is -0.311. The molecule has 0 radical (unpaired) electrons. The largest absolute Gasteiger partial charge is 0.417 e. The molecule has 0 aliphatic rings. The van der Waals surface area contributed by atoms with Crippen LogP contribution in [0.2, 0.25) is 0 Å². The maximum absolute atomic E-state index is 13.9. The highest BCUT2D eigenvalue weighted by Crippen LogP contribution is 2.39. The number of nitrogens with zero attached hydrogens (tertiary/aromatic N) is 6. The third-order valence-corrected chi connectivity index (χ3v) is 6.17. The molecule has 38 heavy (non-hydrogen) atoms. The lowest BCUT2D eigenvalue weighted by molar-refractivity contribution is -0.136. The minimum Gasteiger partial charge on any atom is -0.382 e. The Balaban J connectivity index is 1.42. The van der Waals surface area contributed by atoms with Gasteiger partial charge in [0.25, 0.3) is 0 Å². The van der Waals surface area contributed by atoms with E-state index in [1.165, 1.54) is 33.8 Å². The summed E-state index contributed by atoms with van der Waals surface area (Å²) in [5.41, 5.74) is 6.17. The van der Waals surface area contributed by atoms with E-state index in [0.29, 0.717) is 21.4 Å². The Kier molecular flexibility index (Phi) is 6.57. The number of carbonyl (C=O) groups is 1. The van der Waals surface area contributed by atoms with Crippen LogP contribution >= 0.6 is 15.9 Å². The van der Waals surface area contributed by atoms with E-state index in [2.05, 4.69) is 41.6 Å². The molecule has 0 fully saturated rings. The molecule has 0 aliphatic heterocycles. The first-order valence-corrected chi connectivity index (χ1v) is 11.8. The fraction of sp³-hybridized carbons (Fsp3) is 0.125. The maximum Gasteiger partial charge on any atom is 0.417 e. The minimum atomic E-state index is -4.69. The van der Waals surface area contributed by atoms with Crippen molar-refractivity contribution in [3.8, 4) is 11.3 Å². The summed E-state index contributed by atoms with van der Waals surface area (Å²) in [6.07, 6.45) is -3.24. The number of halogens is 5. The molecule has 1 amide bonds. The predicted octanol–water partition coefficient (Wildman–Crippen LogP) is 4.88. The molecule has 0 bridgehead atoms. The lowest BCUT2D eigenvalue weighted by Gasteiger charge is -2.11. The summed E-state index contributed by atoms with van der Waals surface area (Å²) < 4.78 is 58.0. The topological polar surface area (TPSA) is 117 Å². The molecule has 194 valence electrons. The van der Waals surface area contributed by atoms with E-state index < -0.39 is 23.5 Å². The van der Waals surface area contributed by atoms with Gasteiger partial charge in [-0.2, -0.15) is 18.3 Å². The number of alkyl halides is 3. The van der Waals surface area contributed by atoms with Crippen LogP contribution in [0.3, 0.4) is 0 Å². The molecule has 0 saturated heterocycles. The number of amides is 1. The number of benzene rings is 2. The molecule has 3 N–H and O–H groups in total. The second-order valence-corrected chi connectivity index (χ2v) is 9.09. The molecular weight excluding hydrogens is 572 g/mol. The molecule has 5 rings (SSSR count). The van der Waals surface area contributed by atoms with Crippen LogP contribution in [0.25, 0.3) is 22.3 Å². The number of carbonyl (C=O) groups excluding carboxylic acids is 1. The number of fused-ring (bicyclic) bond motifs is 1. The fourth-order valence-corrected chi connectivity index (χ4v) is 4.31. The number of rotatable bonds is 6.